The number of pyridine rings is 1. The molecule has 0 fully saturated rings. The van der Waals surface area contributed by atoms with Crippen LogP contribution in [0.3, 0.4) is 0 Å². The predicted molar refractivity (Wildman–Crippen MR) is 133 cm³/mol. The molecule has 37 heavy (non-hydrogen) atoms. The first-order chi connectivity index (χ1) is 17.5. The zero-order valence-electron chi connectivity index (χ0n) is 20.0. The number of fused-ring (bicyclic) bond motifs is 1. The third-order valence-corrected chi connectivity index (χ3v) is 9.49. The number of furan rings is 1. The highest BCUT2D eigenvalue weighted by molar-refractivity contribution is 7.89. The van der Waals surface area contributed by atoms with E-state index < -0.39 is 15.4 Å². The average molecular weight is 575 g/mol. The standard InChI is InChI=1S/C29H24N3O3S.BrH/c1-20-9-11-22(12-10-20)36(33,34)32-27(13-15-30-32)29(21-14-17-35-19-21)18-26-23-6-2-3-7-24(23)28(29)25-8-4-5-16-31(25)26;/h2-17,19,26,28H,18H2,1H3;1H/q+1;/p-1. The van der Waals surface area contributed by atoms with Crippen LogP contribution in [0.4, 0.5) is 0 Å². The van der Waals surface area contributed by atoms with Gasteiger partial charge in [0, 0.05) is 29.7 Å². The molecule has 1 aliphatic carbocycles. The summed E-state index contributed by atoms with van der Waals surface area (Å²) in [6, 6.07) is 25.5. The van der Waals surface area contributed by atoms with E-state index in [4.69, 9.17) is 4.42 Å². The van der Waals surface area contributed by atoms with E-state index in [2.05, 4.69) is 58.3 Å². The summed E-state index contributed by atoms with van der Waals surface area (Å²) in [4.78, 5) is 0.219. The molecule has 3 aromatic heterocycles. The molecule has 3 unspecified atom stereocenters. The smallest absolute Gasteiger partial charge is 0.283 e. The lowest BCUT2D eigenvalue weighted by Crippen LogP contribution is -3.00. The largest absolute Gasteiger partial charge is 1.00 e. The second kappa shape index (κ2) is 8.53. The molecule has 5 heterocycles. The zero-order chi connectivity index (χ0) is 24.5. The number of halogens is 1. The van der Waals surface area contributed by atoms with Gasteiger partial charge in [-0.3, -0.25) is 0 Å². The van der Waals surface area contributed by atoms with Gasteiger partial charge in [0.05, 0.1) is 40.6 Å². The fraction of sp³-hybridized carbons (Fsp3) is 0.172. The third-order valence-electron chi connectivity index (χ3n) is 7.88. The Hall–Kier alpha value is -3.49. The van der Waals surface area contributed by atoms with Crippen molar-refractivity contribution in [3.05, 3.63) is 137 Å². The molecule has 0 saturated carbocycles. The highest BCUT2D eigenvalue weighted by Gasteiger charge is 2.61. The van der Waals surface area contributed by atoms with Crippen LogP contribution in [0.1, 0.15) is 52.0 Å². The number of nitrogens with zero attached hydrogens (tertiary/aromatic N) is 3. The number of benzene rings is 2. The Balaban J connectivity index is 0.00000252. The van der Waals surface area contributed by atoms with Crippen molar-refractivity contribution in [2.24, 2.45) is 0 Å². The van der Waals surface area contributed by atoms with Crippen molar-refractivity contribution in [3.63, 3.8) is 0 Å². The second-order valence-electron chi connectivity index (χ2n) is 9.68. The molecule has 8 heteroatoms. The molecular weight excluding hydrogens is 550 g/mol. The van der Waals surface area contributed by atoms with Crippen molar-refractivity contribution >= 4 is 10.0 Å². The molecule has 3 atom stereocenters. The first-order valence-corrected chi connectivity index (χ1v) is 13.4. The molecular formula is C29H24BrN3O3S. The van der Waals surface area contributed by atoms with Crippen LogP contribution in [-0.4, -0.2) is 17.6 Å². The van der Waals surface area contributed by atoms with Gasteiger partial charge < -0.3 is 21.4 Å². The molecule has 5 aromatic rings. The topological polar surface area (TPSA) is 69.0 Å². The number of rotatable bonds is 4. The van der Waals surface area contributed by atoms with E-state index in [1.54, 1.807) is 30.9 Å². The monoisotopic (exact) mass is 573 g/mol. The Morgan fingerprint density at radius 3 is 2.49 bits per heavy atom. The van der Waals surface area contributed by atoms with Gasteiger partial charge in [-0.15, -0.1) is 0 Å². The summed E-state index contributed by atoms with van der Waals surface area (Å²) in [7, 11) is -3.92. The zero-order valence-corrected chi connectivity index (χ0v) is 22.4. The normalized spacial score (nSPS) is 21.6. The maximum Gasteiger partial charge on any atom is 0.283 e. The van der Waals surface area contributed by atoms with Crippen LogP contribution in [0.15, 0.2) is 113 Å². The molecule has 6 nitrogen and oxygen atoms in total. The van der Waals surface area contributed by atoms with Gasteiger partial charge in [0.25, 0.3) is 10.0 Å². The maximum absolute atomic E-state index is 14.0. The van der Waals surface area contributed by atoms with Crippen LogP contribution in [0.5, 0.6) is 0 Å². The summed E-state index contributed by atoms with van der Waals surface area (Å²) in [6.45, 7) is 1.94. The second-order valence-corrected chi connectivity index (χ2v) is 11.4. The Morgan fingerprint density at radius 1 is 0.973 bits per heavy atom. The van der Waals surface area contributed by atoms with Gasteiger partial charge in [-0.1, -0.05) is 48.0 Å². The molecule has 2 aromatic carbocycles. The number of hydrogen-bond donors (Lipinski definition) is 0. The van der Waals surface area contributed by atoms with E-state index >= 15 is 0 Å². The highest BCUT2D eigenvalue weighted by atomic mass is 79.9. The van der Waals surface area contributed by atoms with Crippen molar-refractivity contribution in [1.29, 1.82) is 0 Å². The minimum absolute atomic E-state index is 0. The van der Waals surface area contributed by atoms with Crippen molar-refractivity contribution in [1.82, 2.24) is 9.19 Å². The number of aryl methyl sites for hydroxylation is 1. The van der Waals surface area contributed by atoms with Crippen LogP contribution < -0.4 is 21.5 Å². The van der Waals surface area contributed by atoms with Gasteiger partial charge in [-0.25, -0.2) is 0 Å². The summed E-state index contributed by atoms with van der Waals surface area (Å²) in [6.07, 6.45) is 7.83. The van der Waals surface area contributed by atoms with Gasteiger partial charge in [0.1, 0.15) is 0 Å². The van der Waals surface area contributed by atoms with Crippen molar-refractivity contribution in [2.45, 2.75) is 35.6 Å². The van der Waals surface area contributed by atoms with Gasteiger partial charge in [0.2, 0.25) is 0 Å². The number of hydrogen-bond acceptors (Lipinski definition) is 4. The van der Waals surface area contributed by atoms with E-state index in [0.29, 0.717) is 12.1 Å². The van der Waals surface area contributed by atoms with E-state index in [0.717, 1.165) is 16.8 Å². The van der Waals surface area contributed by atoms with Crippen LogP contribution in [0.2, 0.25) is 0 Å². The SMILES string of the molecule is Cc1ccc(S(=O)(=O)n2nccc2C2(c3ccoc3)CC3c4ccccc4C2c2cccc[n+]23)cc1.[Br-]. The van der Waals surface area contributed by atoms with Gasteiger partial charge >= 0.3 is 0 Å². The summed E-state index contributed by atoms with van der Waals surface area (Å²) in [5.74, 6) is -0.124. The molecule has 8 rings (SSSR count). The van der Waals surface area contributed by atoms with E-state index in [1.807, 2.05) is 31.2 Å². The van der Waals surface area contributed by atoms with E-state index in [1.165, 1.54) is 15.2 Å². The average Bonchev–Trinajstić information content (AvgIpc) is 3.63. The molecule has 2 aliphatic heterocycles. The van der Waals surface area contributed by atoms with E-state index in [9.17, 15) is 8.42 Å². The lowest BCUT2D eigenvalue weighted by atomic mass is 9.55. The molecule has 0 N–H and O–H groups in total. The molecule has 0 amide bonds. The fourth-order valence-corrected chi connectivity index (χ4v) is 7.69. The first-order valence-electron chi connectivity index (χ1n) is 12.0. The maximum atomic E-state index is 14.0. The van der Waals surface area contributed by atoms with Gasteiger partial charge in [0.15, 0.2) is 17.9 Å². The lowest BCUT2D eigenvalue weighted by molar-refractivity contribution is -0.732. The molecule has 0 radical (unpaired) electrons. The predicted octanol–water partition coefficient (Wildman–Crippen LogP) is 1.74. The molecule has 186 valence electrons. The summed E-state index contributed by atoms with van der Waals surface area (Å²) in [5, 5.41) is 4.40. The Morgan fingerprint density at radius 2 is 1.73 bits per heavy atom. The molecule has 2 bridgehead atoms. The van der Waals surface area contributed by atoms with Crippen molar-refractivity contribution in [3.8, 4) is 0 Å². The first kappa shape index (κ1) is 23.9. The van der Waals surface area contributed by atoms with Crippen molar-refractivity contribution < 1.29 is 34.4 Å². The summed E-state index contributed by atoms with van der Waals surface area (Å²) < 4.78 is 37.1. The highest BCUT2D eigenvalue weighted by Crippen LogP contribution is 2.59. The number of aromatic nitrogens is 3. The van der Waals surface area contributed by atoms with Crippen molar-refractivity contribution in [2.75, 3.05) is 0 Å². The Labute approximate surface area is 226 Å². The molecule has 0 saturated heterocycles. The molecule has 3 aliphatic rings. The minimum atomic E-state index is -3.92. The van der Waals surface area contributed by atoms with E-state index in [-0.39, 0.29) is 33.8 Å². The Bertz CT molecular complexity index is 1660. The third kappa shape index (κ3) is 3.25. The van der Waals surface area contributed by atoms with Crippen LogP contribution in [0.25, 0.3) is 0 Å². The fourth-order valence-electron chi connectivity index (χ4n) is 6.35. The van der Waals surface area contributed by atoms with Crippen LogP contribution in [-0.2, 0) is 15.4 Å². The quantitative estimate of drug-likeness (QED) is 0.307. The summed E-state index contributed by atoms with van der Waals surface area (Å²) in [5.41, 5.74) is 5.53. The van der Waals surface area contributed by atoms with Crippen LogP contribution in [0, 0.1) is 6.92 Å². The Kier molecular flexibility index (Phi) is 5.51. The lowest BCUT2D eigenvalue weighted by Gasteiger charge is -2.48. The van der Waals surface area contributed by atoms with Crippen LogP contribution >= 0.6 is 0 Å². The van der Waals surface area contributed by atoms with Gasteiger partial charge in [-0.2, -0.15) is 22.2 Å². The van der Waals surface area contributed by atoms with Gasteiger partial charge in [-0.05, 0) is 36.8 Å². The molecule has 0 spiro atoms. The summed E-state index contributed by atoms with van der Waals surface area (Å²) >= 11 is 0. The minimum Gasteiger partial charge on any atom is -1.00 e.